The van der Waals surface area contributed by atoms with E-state index in [4.69, 9.17) is 5.11 Å². The van der Waals surface area contributed by atoms with Gasteiger partial charge in [0.25, 0.3) is 0 Å². The highest BCUT2D eigenvalue weighted by atomic mass is 32.2. The number of aliphatic carboxylic acids is 1. The lowest BCUT2D eigenvalue weighted by Crippen LogP contribution is -2.51. The van der Waals surface area contributed by atoms with Crippen LogP contribution in [-0.4, -0.2) is 53.9 Å². The maximum absolute atomic E-state index is 12.1. The van der Waals surface area contributed by atoms with Gasteiger partial charge in [-0.15, -0.1) is 0 Å². The number of sulfone groups is 1. The smallest absolute Gasteiger partial charge is 0.327 e. The molecule has 0 fully saturated rings. The topological polar surface area (TPSA) is 130 Å². The average molecular weight is 322 g/mol. The molecule has 0 saturated heterocycles. The highest BCUT2D eigenvalue weighted by Crippen LogP contribution is 2.08. The molecule has 0 aromatic heterocycles. The molecule has 8 nitrogen and oxygen atoms in total. The lowest BCUT2D eigenvalue weighted by atomic mass is 10.1. The summed E-state index contributed by atoms with van der Waals surface area (Å²) < 4.78 is 24.2. The van der Waals surface area contributed by atoms with Crippen molar-refractivity contribution in [1.82, 2.24) is 10.6 Å². The number of carbonyl (C=O) groups is 3. The fraction of sp³-hybridized carbons (Fsp3) is 0.750. The number of amides is 2. The standard InChI is InChI=1S/C12H22N2O6S/c1-7(10(16)14-12(3,4)5)21(19,20)6-9(11(17)18)13-8(2)15/h7,9H,6H2,1-5H3,(H,13,15)(H,14,16)(H,17,18). The van der Waals surface area contributed by atoms with Gasteiger partial charge in [0.1, 0.15) is 11.3 Å². The molecule has 21 heavy (non-hydrogen) atoms. The number of hydrogen-bond donors (Lipinski definition) is 3. The minimum Gasteiger partial charge on any atom is -0.480 e. The van der Waals surface area contributed by atoms with Gasteiger partial charge in [-0.2, -0.15) is 0 Å². The normalized spacial score (nSPS) is 14.9. The van der Waals surface area contributed by atoms with Crippen molar-refractivity contribution in [2.45, 2.75) is 51.4 Å². The van der Waals surface area contributed by atoms with Crippen molar-refractivity contribution in [3.8, 4) is 0 Å². The first kappa shape index (κ1) is 19.4. The van der Waals surface area contributed by atoms with Gasteiger partial charge in [-0.1, -0.05) is 0 Å². The van der Waals surface area contributed by atoms with Gasteiger partial charge >= 0.3 is 5.97 Å². The molecule has 2 atom stereocenters. The van der Waals surface area contributed by atoms with Gasteiger partial charge in [0.05, 0.1) is 5.75 Å². The lowest BCUT2D eigenvalue weighted by Gasteiger charge is -2.24. The van der Waals surface area contributed by atoms with Crippen molar-refractivity contribution < 1.29 is 27.9 Å². The largest absolute Gasteiger partial charge is 0.480 e. The molecule has 0 aromatic carbocycles. The zero-order chi connectivity index (χ0) is 17.0. The van der Waals surface area contributed by atoms with Crippen LogP contribution in [0, 0.1) is 0 Å². The molecule has 0 aliphatic carbocycles. The highest BCUT2D eigenvalue weighted by molar-refractivity contribution is 7.92. The molecule has 0 heterocycles. The number of carbonyl (C=O) groups excluding carboxylic acids is 2. The Morgan fingerprint density at radius 3 is 2.00 bits per heavy atom. The van der Waals surface area contributed by atoms with Crippen LogP contribution in [-0.2, 0) is 24.2 Å². The number of carboxylic acids is 1. The van der Waals surface area contributed by atoms with Crippen LogP contribution in [0.15, 0.2) is 0 Å². The van der Waals surface area contributed by atoms with Gasteiger partial charge in [0, 0.05) is 12.5 Å². The van der Waals surface area contributed by atoms with E-state index in [1.165, 1.54) is 6.92 Å². The van der Waals surface area contributed by atoms with E-state index in [0.29, 0.717) is 0 Å². The number of hydrogen-bond acceptors (Lipinski definition) is 5. The van der Waals surface area contributed by atoms with Gasteiger partial charge in [0.15, 0.2) is 9.84 Å². The summed E-state index contributed by atoms with van der Waals surface area (Å²) in [7, 11) is -4.03. The van der Waals surface area contributed by atoms with Crippen LogP contribution in [0.25, 0.3) is 0 Å². The van der Waals surface area contributed by atoms with Crippen LogP contribution in [0.5, 0.6) is 0 Å². The third-order valence-corrected chi connectivity index (χ3v) is 4.57. The number of nitrogens with one attached hydrogen (secondary N) is 2. The SMILES string of the molecule is CC(=O)NC(CS(=O)(=O)C(C)C(=O)NC(C)(C)C)C(=O)O. The molecule has 0 spiro atoms. The number of rotatable bonds is 6. The molecular formula is C12H22N2O6S. The average Bonchev–Trinajstić information content (AvgIpc) is 2.23. The van der Waals surface area contributed by atoms with E-state index in [9.17, 15) is 22.8 Å². The monoisotopic (exact) mass is 322 g/mol. The second-order valence-corrected chi connectivity index (χ2v) is 8.17. The van der Waals surface area contributed by atoms with Crippen LogP contribution >= 0.6 is 0 Å². The Morgan fingerprint density at radius 2 is 1.67 bits per heavy atom. The molecule has 0 bridgehead atoms. The van der Waals surface area contributed by atoms with E-state index in [1.54, 1.807) is 20.8 Å². The minimum atomic E-state index is -4.03. The minimum absolute atomic E-state index is 0.606. The second-order valence-electron chi connectivity index (χ2n) is 5.80. The van der Waals surface area contributed by atoms with Crippen LogP contribution in [0.2, 0.25) is 0 Å². The highest BCUT2D eigenvalue weighted by Gasteiger charge is 2.34. The predicted molar refractivity (Wildman–Crippen MR) is 76.4 cm³/mol. The summed E-state index contributed by atoms with van der Waals surface area (Å²) in [4.78, 5) is 33.7. The summed E-state index contributed by atoms with van der Waals surface area (Å²) in [5.74, 6) is -3.70. The van der Waals surface area contributed by atoms with E-state index in [2.05, 4.69) is 5.32 Å². The maximum Gasteiger partial charge on any atom is 0.327 e. The maximum atomic E-state index is 12.1. The summed E-state index contributed by atoms with van der Waals surface area (Å²) in [5.41, 5.74) is -0.606. The molecule has 122 valence electrons. The van der Waals surface area contributed by atoms with E-state index in [1.807, 2.05) is 5.32 Å². The first-order valence-electron chi connectivity index (χ1n) is 6.30. The summed E-state index contributed by atoms with van der Waals surface area (Å²) in [6, 6.07) is -1.59. The fourth-order valence-corrected chi connectivity index (χ4v) is 2.80. The molecule has 2 unspecified atom stereocenters. The Kier molecular flexibility index (Phi) is 6.34. The first-order valence-corrected chi connectivity index (χ1v) is 8.01. The molecule has 0 aromatic rings. The Morgan fingerprint density at radius 1 is 1.19 bits per heavy atom. The van der Waals surface area contributed by atoms with Crippen LogP contribution in [0.4, 0.5) is 0 Å². The van der Waals surface area contributed by atoms with Gasteiger partial charge < -0.3 is 15.7 Å². The van der Waals surface area contributed by atoms with E-state index in [0.717, 1.165) is 6.92 Å². The zero-order valence-corrected chi connectivity index (χ0v) is 13.6. The molecule has 2 amide bonds. The Hall–Kier alpha value is -1.64. The van der Waals surface area contributed by atoms with Crippen LogP contribution < -0.4 is 10.6 Å². The van der Waals surface area contributed by atoms with Gasteiger partial charge in [-0.05, 0) is 27.7 Å². The summed E-state index contributed by atoms with van der Waals surface area (Å²) in [5, 5.41) is 12.0. The predicted octanol–water partition coefficient (Wildman–Crippen LogP) is -0.706. The van der Waals surface area contributed by atoms with Gasteiger partial charge in [0.2, 0.25) is 11.8 Å². The zero-order valence-electron chi connectivity index (χ0n) is 12.8. The molecule has 9 heteroatoms. The quantitative estimate of drug-likeness (QED) is 0.592. The first-order chi connectivity index (χ1) is 9.26. The molecule has 0 aliphatic rings. The van der Waals surface area contributed by atoms with Crippen LogP contribution in [0.3, 0.4) is 0 Å². The molecular weight excluding hydrogens is 300 g/mol. The molecule has 0 saturated carbocycles. The Bertz CT molecular complexity index is 520. The molecule has 3 N–H and O–H groups in total. The van der Waals surface area contributed by atoms with Crippen molar-refractivity contribution in [2.24, 2.45) is 0 Å². The third kappa shape index (κ3) is 7.07. The van der Waals surface area contributed by atoms with Crippen molar-refractivity contribution in [2.75, 3.05) is 5.75 Å². The fourth-order valence-electron chi connectivity index (χ4n) is 1.43. The summed E-state index contributed by atoms with van der Waals surface area (Å²) in [6.45, 7) is 7.35. The second kappa shape index (κ2) is 6.88. The van der Waals surface area contributed by atoms with Crippen molar-refractivity contribution >= 4 is 27.6 Å². The van der Waals surface area contributed by atoms with Crippen molar-refractivity contribution in [3.63, 3.8) is 0 Å². The van der Waals surface area contributed by atoms with E-state index >= 15 is 0 Å². The molecule has 0 aliphatic heterocycles. The Labute approximate surface area is 124 Å². The molecule has 0 radical (unpaired) electrons. The molecule has 0 rings (SSSR count). The number of carboxylic acid groups (broad SMARTS) is 1. The van der Waals surface area contributed by atoms with Gasteiger partial charge in [-0.3, -0.25) is 9.59 Å². The summed E-state index contributed by atoms with van der Waals surface area (Å²) >= 11 is 0. The summed E-state index contributed by atoms with van der Waals surface area (Å²) in [6.07, 6.45) is 0. The van der Waals surface area contributed by atoms with Crippen LogP contribution in [0.1, 0.15) is 34.6 Å². The van der Waals surface area contributed by atoms with E-state index in [-0.39, 0.29) is 0 Å². The van der Waals surface area contributed by atoms with Crippen molar-refractivity contribution in [3.05, 3.63) is 0 Å². The van der Waals surface area contributed by atoms with Gasteiger partial charge in [-0.25, -0.2) is 13.2 Å². The lowest BCUT2D eigenvalue weighted by molar-refractivity contribution is -0.140. The third-order valence-electron chi connectivity index (χ3n) is 2.48. The Balaban J connectivity index is 5.06. The van der Waals surface area contributed by atoms with Crippen molar-refractivity contribution in [1.29, 1.82) is 0 Å². The van der Waals surface area contributed by atoms with E-state index < -0.39 is 50.2 Å².